The third-order valence-corrected chi connectivity index (χ3v) is 5.82. The van der Waals surface area contributed by atoms with E-state index in [4.69, 9.17) is 0 Å². The molecule has 1 unspecified atom stereocenters. The second kappa shape index (κ2) is 6.16. The maximum Gasteiger partial charge on any atom is 0.261 e. The number of imide groups is 1. The molecule has 132 valence electrons. The third kappa shape index (κ3) is 2.55. The van der Waals surface area contributed by atoms with Crippen molar-refractivity contribution in [1.29, 1.82) is 0 Å². The third-order valence-electron chi connectivity index (χ3n) is 5.82. The molecule has 5 heteroatoms. The van der Waals surface area contributed by atoms with E-state index in [0.29, 0.717) is 11.1 Å². The molecule has 2 aromatic rings. The molecule has 0 bridgehead atoms. The van der Waals surface area contributed by atoms with Gasteiger partial charge in [0.25, 0.3) is 11.8 Å². The molecule has 1 atom stereocenters. The maximum atomic E-state index is 12.5. The lowest BCUT2D eigenvalue weighted by Gasteiger charge is -2.47. The van der Waals surface area contributed by atoms with E-state index < -0.39 is 6.04 Å². The van der Waals surface area contributed by atoms with Crippen LogP contribution in [0.25, 0.3) is 0 Å². The Morgan fingerprint density at radius 2 is 1.54 bits per heavy atom. The molecule has 0 N–H and O–H groups in total. The van der Waals surface area contributed by atoms with Gasteiger partial charge in [-0.1, -0.05) is 54.6 Å². The van der Waals surface area contributed by atoms with Crippen molar-refractivity contribution >= 4 is 11.8 Å². The first-order valence-corrected chi connectivity index (χ1v) is 8.87. The molecular formula is C21H20N2O3. The molecule has 5 nitrogen and oxygen atoms in total. The number of hydrogen-bond donors (Lipinski definition) is 0. The van der Waals surface area contributed by atoms with Gasteiger partial charge < -0.3 is 0 Å². The highest BCUT2D eigenvalue weighted by molar-refractivity contribution is 6.21. The summed E-state index contributed by atoms with van der Waals surface area (Å²) in [4.78, 5) is 37.6. The van der Waals surface area contributed by atoms with Crippen LogP contribution in [-0.4, -0.2) is 29.3 Å². The van der Waals surface area contributed by atoms with E-state index in [0.717, 1.165) is 12.8 Å². The van der Waals surface area contributed by atoms with Crippen LogP contribution in [0.15, 0.2) is 59.8 Å². The van der Waals surface area contributed by atoms with Crippen molar-refractivity contribution in [2.75, 3.05) is 6.54 Å². The van der Waals surface area contributed by atoms with Crippen LogP contribution in [0.4, 0.5) is 0 Å². The standard InChI is InChI=1S/C21H20N2O3/c1-21(15-7-3-2-4-8-15)11-14(12-21)18(22-26)13-23-19(24)16-9-5-6-10-17(16)20(23)25/h2-10,14,18H,11-13H2,1H3. The number of hydrogen-bond acceptors (Lipinski definition) is 4. The molecule has 1 heterocycles. The van der Waals surface area contributed by atoms with Crippen molar-refractivity contribution in [2.24, 2.45) is 11.1 Å². The van der Waals surface area contributed by atoms with E-state index in [9.17, 15) is 14.5 Å². The Balaban J connectivity index is 1.47. The zero-order chi connectivity index (χ0) is 18.3. The van der Waals surface area contributed by atoms with Gasteiger partial charge in [0.05, 0.1) is 17.7 Å². The summed E-state index contributed by atoms with van der Waals surface area (Å²) < 4.78 is 0. The molecule has 4 rings (SSSR count). The fourth-order valence-corrected chi connectivity index (χ4v) is 4.31. The van der Waals surface area contributed by atoms with E-state index >= 15 is 0 Å². The van der Waals surface area contributed by atoms with Gasteiger partial charge in [0.15, 0.2) is 0 Å². The normalized spacial score (nSPS) is 25.6. The van der Waals surface area contributed by atoms with Crippen LogP contribution in [0.5, 0.6) is 0 Å². The molecule has 1 aliphatic carbocycles. The van der Waals surface area contributed by atoms with Gasteiger partial charge in [-0.05, 0) is 41.9 Å². The zero-order valence-corrected chi connectivity index (χ0v) is 14.6. The number of rotatable bonds is 5. The molecule has 1 saturated carbocycles. The van der Waals surface area contributed by atoms with Crippen LogP contribution in [-0.2, 0) is 5.41 Å². The monoisotopic (exact) mass is 348 g/mol. The first-order valence-electron chi connectivity index (χ1n) is 8.87. The summed E-state index contributed by atoms with van der Waals surface area (Å²) >= 11 is 0. The predicted octanol–water partition coefficient (Wildman–Crippen LogP) is 3.79. The first kappa shape index (κ1) is 16.6. The molecule has 0 saturated heterocycles. The van der Waals surface area contributed by atoms with Crippen molar-refractivity contribution in [3.05, 3.63) is 76.2 Å². The van der Waals surface area contributed by atoms with Gasteiger partial charge in [-0.15, -0.1) is 0 Å². The van der Waals surface area contributed by atoms with Gasteiger partial charge in [0.2, 0.25) is 0 Å². The van der Waals surface area contributed by atoms with Crippen molar-refractivity contribution in [3.63, 3.8) is 0 Å². The number of fused-ring (bicyclic) bond motifs is 1. The fourth-order valence-electron chi connectivity index (χ4n) is 4.31. The Kier molecular flexibility index (Phi) is 3.94. The lowest BCUT2D eigenvalue weighted by molar-refractivity contribution is 0.0590. The highest BCUT2D eigenvalue weighted by Gasteiger charge is 2.47. The molecule has 2 aliphatic rings. The van der Waals surface area contributed by atoms with Crippen molar-refractivity contribution in [3.8, 4) is 0 Å². The largest absolute Gasteiger partial charge is 0.272 e. The van der Waals surface area contributed by atoms with E-state index in [1.807, 2.05) is 18.2 Å². The Morgan fingerprint density at radius 3 is 2.08 bits per heavy atom. The van der Waals surface area contributed by atoms with Crippen LogP contribution in [0.1, 0.15) is 46.0 Å². The highest BCUT2D eigenvalue weighted by Crippen LogP contribution is 2.49. The van der Waals surface area contributed by atoms with E-state index in [1.54, 1.807) is 24.3 Å². The minimum absolute atomic E-state index is 0.0247. The number of nitroso groups, excluding NO2 is 1. The van der Waals surface area contributed by atoms with Gasteiger partial charge in [-0.25, -0.2) is 0 Å². The van der Waals surface area contributed by atoms with Crippen LogP contribution < -0.4 is 0 Å². The Morgan fingerprint density at radius 1 is 1.00 bits per heavy atom. The van der Waals surface area contributed by atoms with E-state index in [2.05, 4.69) is 24.2 Å². The van der Waals surface area contributed by atoms with E-state index in [1.165, 1.54) is 10.5 Å². The molecular weight excluding hydrogens is 328 g/mol. The first-order chi connectivity index (χ1) is 12.5. The van der Waals surface area contributed by atoms with Gasteiger partial charge in [0, 0.05) is 0 Å². The molecule has 1 fully saturated rings. The Bertz CT molecular complexity index is 837. The number of carbonyl (C=O) groups excluding carboxylic acids is 2. The second-order valence-corrected chi connectivity index (χ2v) is 7.53. The van der Waals surface area contributed by atoms with E-state index in [-0.39, 0.29) is 29.7 Å². The molecule has 0 radical (unpaired) electrons. The summed E-state index contributed by atoms with van der Waals surface area (Å²) in [6, 6.07) is 16.4. The number of amides is 2. The summed E-state index contributed by atoms with van der Waals surface area (Å²) in [5.74, 6) is -0.573. The van der Waals surface area contributed by atoms with Crippen molar-refractivity contribution in [1.82, 2.24) is 4.90 Å². The van der Waals surface area contributed by atoms with Crippen LogP contribution >= 0.6 is 0 Å². The maximum absolute atomic E-state index is 12.5. The quantitative estimate of drug-likeness (QED) is 0.610. The smallest absolute Gasteiger partial charge is 0.261 e. The fraction of sp³-hybridized carbons (Fsp3) is 0.333. The predicted molar refractivity (Wildman–Crippen MR) is 97.9 cm³/mol. The van der Waals surface area contributed by atoms with Gasteiger partial charge in [0.1, 0.15) is 6.04 Å². The summed E-state index contributed by atoms with van der Waals surface area (Å²) in [5.41, 5.74) is 2.09. The molecule has 0 aromatic heterocycles. The minimum atomic E-state index is -0.561. The minimum Gasteiger partial charge on any atom is -0.272 e. The summed E-state index contributed by atoms with van der Waals surface area (Å²) in [5, 5.41) is 3.27. The van der Waals surface area contributed by atoms with Crippen molar-refractivity contribution < 1.29 is 9.59 Å². The lowest BCUT2D eigenvalue weighted by atomic mass is 9.58. The van der Waals surface area contributed by atoms with Gasteiger partial charge in [-0.2, -0.15) is 4.91 Å². The summed E-state index contributed by atoms with van der Waals surface area (Å²) in [6.45, 7) is 2.24. The van der Waals surface area contributed by atoms with Gasteiger partial charge in [-0.3, -0.25) is 14.5 Å². The average Bonchev–Trinajstić information content (AvgIpc) is 2.89. The number of carbonyl (C=O) groups is 2. The summed E-state index contributed by atoms with van der Waals surface area (Å²) in [6.07, 6.45) is 1.66. The average molecular weight is 348 g/mol. The molecule has 0 spiro atoms. The number of nitrogens with zero attached hydrogens (tertiary/aromatic N) is 2. The van der Waals surface area contributed by atoms with Crippen LogP contribution in [0.3, 0.4) is 0 Å². The molecule has 2 aromatic carbocycles. The molecule has 26 heavy (non-hydrogen) atoms. The van der Waals surface area contributed by atoms with Gasteiger partial charge >= 0.3 is 0 Å². The molecule has 2 amide bonds. The Hall–Kier alpha value is -2.82. The number of benzene rings is 2. The van der Waals surface area contributed by atoms with Crippen LogP contribution in [0, 0.1) is 10.8 Å². The zero-order valence-electron chi connectivity index (χ0n) is 14.6. The van der Waals surface area contributed by atoms with Crippen LogP contribution in [0.2, 0.25) is 0 Å². The Labute approximate surface area is 152 Å². The highest BCUT2D eigenvalue weighted by atomic mass is 16.3. The second-order valence-electron chi connectivity index (χ2n) is 7.53. The van der Waals surface area contributed by atoms with Crippen molar-refractivity contribution in [2.45, 2.75) is 31.2 Å². The summed E-state index contributed by atoms with van der Waals surface area (Å²) in [7, 11) is 0. The lowest BCUT2D eigenvalue weighted by Crippen LogP contribution is -2.48. The topological polar surface area (TPSA) is 66.8 Å². The SMILES string of the molecule is CC1(c2ccccc2)CC(C(CN2C(=O)c3ccccc3C2=O)N=O)C1. The molecule has 1 aliphatic heterocycles.